The summed E-state index contributed by atoms with van der Waals surface area (Å²) in [5, 5.41) is 4.18. The van der Waals surface area contributed by atoms with Crippen LogP contribution < -0.4 is 0 Å². The fourth-order valence-corrected chi connectivity index (χ4v) is 3.96. The number of carbonyl (C=O) groups is 1. The van der Waals surface area contributed by atoms with Gasteiger partial charge in [0.15, 0.2) is 5.82 Å². The molecule has 0 N–H and O–H groups in total. The molecule has 3 aromatic rings. The molecule has 2 aromatic carbocycles. The van der Waals surface area contributed by atoms with E-state index in [0.29, 0.717) is 12.3 Å². The molecule has 0 radical (unpaired) electrons. The molecule has 1 aromatic heterocycles. The molecule has 1 aliphatic heterocycles. The number of benzene rings is 2. The number of nitrogens with zero attached hydrogens (tertiary/aromatic N) is 3. The predicted molar refractivity (Wildman–Crippen MR) is 111 cm³/mol. The van der Waals surface area contributed by atoms with Crippen LogP contribution >= 0.6 is 0 Å². The minimum atomic E-state index is -0.102. The summed E-state index contributed by atoms with van der Waals surface area (Å²) in [7, 11) is 0. The molecule has 1 aliphatic rings. The van der Waals surface area contributed by atoms with Crippen molar-refractivity contribution in [1.82, 2.24) is 15.0 Å². The number of carbonyl (C=O) groups excluding carboxylic acids is 1. The highest BCUT2D eigenvalue weighted by Crippen LogP contribution is 2.30. The Morgan fingerprint density at radius 3 is 2.45 bits per heavy atom. The van der Waals surface area contributed by atoms with Gasteiger partial charge in [0.25, 0.3) is 0 Å². The van der Waals surface area contributed by atoms with Crippen LogP contribution in [0.3, 0.4) is 0 Å². The number of aryl methyl sites for hydroxylation is 2. The van der Waals surface area contributed by atoms with Crippen molar-refractivity contribution in [2.75, 3.05) is 6.54 Å². The molecule has 1 amide bonds. The van der Waals surface area contributed by atoms with Crippen molar-refractivity contribution >= 4 is 5.91 Å². The second kappa shape index (κ2) is 9.50. The van der Waals surface area contributed by atoms with Gasteiger partial charge in [0.1, 0.15) is 6.04 Å². The first-order valence-electron chi connectivity index (χ1n) is 10.5. The van der Waals surface area contributed by atoms with Crippen molar-refractivity contribution in [3.63, 3.8) is 0 Å². The lowest BCUT2D eigenvalue weighted by Gasteiger charge is -2.33. The van der Waals surface area contributed by atoms with Crippen LogP contribution in [-0.4, -0.2) is 27.5 Å². The van der Waals surface area contributed by atoms with Crippen LogP contribution in [0.15, 0.2) is 65.2 Å². The Hall–Kier alpha value is -2.95. The van der Waals surface area contributed by atoms with Gasteiger partial charge in [0.2, 0.25) is 11.8 Å². The van der Waals surface area contributed by atoms with Crippen LogP contribution in [0.1, 0.15) is 54.6 Å². The molecule has 5 nitrogen and oxygen atoms in total. The standard InChI is InChI=1S/C24H27N3O2/c28-23(18-20-12-5-2-6-13-20)27-17-8-7-15-21(27)24-25-22(26-29-24)16-9-14-19-10-3-1-4-11-19/h1-6,10-13,21H,7-9,14-18H2. The average molecular weight is 389 g/mol. The van der Waals surface area contributed by atoms with E-state index in [9.17, 15) is 4.79 Å². The van der Waals surface area contributed by atoms with E-state index in [-0.39, 0.29) is 11.9 Å². The summed E-state index contributed by atoms with van der Waals surface area (Å²) in [5.41, 5.74) is 2.36. The molecule has 0 spiro atoms. The summed E-state index contributed by atoms with van der Waals surface area (Å²) >= 11 is 0. The predicted octanol–water partition coefficient (Wildman–Crippen LogP) is 4.54. The highest BCUT2D eigenvalue weighted by molar-refractivity contribution is 5.79. The van der Waals surface area contributed by atoms with Crippen molar-refractivity contribution in [2.24, 2.45) is 0 Å². The molecular formula is C24H27N3O2. The Morgan fingerprint density at radius 2 is 1.69 bits per heavy atom. The van der Waals surface area contributed by atoms with E-state index in [1.807, 2.05) is 41.3 Å². The van der Waals surface area contributed by atoms with Gasteiger partial charge in [0, 0.05) is 13.0 Å². The largest absolute Gasteiger partial charge is 0.337 e. The number of likely N-dealkylation sites (tertiary alicyclic amines) is 1. The van der Waals surface area contributed by atoms with Gasteiger partial charge < -0.3 is 9.42 Å². The molecule has 0 aliphatic carbocycles. The highest BCUT2D eigenvalue weighted by Gasteiger charge is 2.31. The lowest BCUT2D eigenvalue weighted by atomic mass is 10.0. The molecule has 5 heteroatoms. The second-order valence-electron chi connectivity index (χ2n) is 7.65. The first-order chi connectivity index (χ1) is 14.3. The molecule has 2 heterocycles. The Labute approximate surface area is 171 Å². The van der Waals surface area contributed by atoms with Crippen molar-refractivity contribution in [3.8, 4) is 0 Å². The van der Waals surface area contributed by atoms with Gasteiger partial charge in [-0.15, -0.1) is 0 Å². The zero-order chi connectivity index (χ0) is 19.9. The van der Waals surface area contributed by atoms with Crippen LogP contribution in [0.25, 0.3) is 0 Å². The summed E-state index contributed by atoms with van der Waals surface area (Å²) in [4.78, 5) is 19.5. The van der Waals surface area contributed by atoms with Crippen LogP contribution in [0.5, 0.6) is 0 Å². The topological polar surface area (TPSA) is 59.2 Å². The third-order valence-electron chi connectivity index (χ3n) is 5.50. The molecule has 4 rings (SSSR count). The summed E-state index contributed by atoms with van der Waals surface area (Å²) in [6, 6.07) is 20.2. The number of amides is 1. The maximum atomic E-state index is 12.9. The van der Waals surface area contributed by atoms with Crippen molar-refractivity contribution in [1.29, 1.82) is 0 Å². The summed E-state index contributed by atoms with van der Waals surface area (Å²) < 4.78 is 5.58. The Balaban J connectivity index is 1.37. The zero-order valence-corrected chi connectivity index (χ0v) is 16.7. The van der Waals surface area contributed by atoms with Crippen molar-refractivity contribution in [2.45, 2.75) is 51.0 Å². The maximum absolute atomic E-state index is 12.9. The lowest BCUT2D eigenvalue weighted by Crippen LogP contribution is -2.39. The second-order valence-corrected chi connectivity index (χ2v) is 7.65. The van der Waals surface area contributed by atoms with Gasteiger partial charge >= 0.3 is 0 Å². The Kier molecular flexibility index (Phi) is 6.35. The molecule has 1 saturated heterocycles. The summed E-state index contributed by atoms with van der Waals surface area (Å²) in [5.74, 6) is 1.45. The van der Waals surface area contributed by atoms with Crippen molar-refractivity contribution in [3.05, 3.63) is 83.5 Å². The van der Waals surface area contributed by atoms with E-state index < -0.39 is 0 Å². The van der Waals surface area contributed by atoms with Gasteiger partial charge in [0.05, 0.1) is 6.42 Å². The van der Waals surface area contributed by atoms with Gasteiger partial charge in [-0.2, -0.15) is 4.98 Å². The number of hydrogen-bond donors (Lipinski definition) is 0. The smallest absolute Gasteiger partial charge is 0.249 e. The molecule has 1 atom stereocenters. The molecule has 0 bridgehead atoms. The fourth-order valence-electron chi connectivity index (χ4n) is 3.96. The summed E-state index contributed by atoms with van der Waals surface area (Å²) in [6.07, 6.45) is 6.14. The minimum Gasteiger partial charge on any atom is -0.337 e. The summed E-state index contributed by atoms with van der Waals surface area (Å²) in [6.45, 7) is 0.752. The average Bonchev–Trinajstić information content (AvgIpc) is 3.24. The van der Waals surface area contributed by atoms with E-state index in [0.717, 1.165) is 56.5 Å². The van der Waals surface area contributed by atoms with E-state index in [1.54, 1.807) is 0 Å². The van der Waals surface area contributed by atoms with Gasteiger partial charge in [-0.25, -0.2) is 0 Å². The maximum Gasteiger partial charge on any atom is 0.249 e. The zero-order valence-electron chi connectivity index (χ0n) is 16.7. The first kappa shape index (κ1) is 19.4. The number of aromatic nitrogens is 2. The molecule has 150 valence electrons. The quantitative estimate of drug-likeness (QED) is 0.595. The highest BCUT2D eigenvalue weighted by atomic mass is 16.5. The molecule has 1 unspecified atom stereocenters. The first-order valence-corrected chi connectivity index (χ1v) is 10.5. The van der Waals surface area contributed by atoms with E-state index in [1.165, 1.54) is 5.56 Å². The van der Waals surface area contributed by atoms with E-state index >= 15 is 0 Å². The Bertz CT molecular complexity index is 908. The van der Waals surface area contributed by atoms with Crippen LogP contribution in [-0.2, 0) is 24.1 Å². The van der Waals surface area contributed by atoms with E-state index in [2.05, 4.69) is 34.4 Å². The Morgan fingerprint density at radius 1 is 0.966 bits per heavy atom. The number of rotatable bonds is 7. The minimum absolute atomic E-state index is 0.102. The SMILES string of the molecule is O=C(Cc1ccccc1)N1CCCCC1c1nc(CCCc2ccccc2)no1. The van der Waals surface area contributed by atoms with Crippen molar-refractivity contribution < 1.29 is 9.32 Å². The van der Waals surface area contributed by atoms with Gasteiger partial charge in [-0.1, -0.05) is 65.8 Å². The van der Waals surface area contributed by atoms with Gasteiger partial charge in [-0.05, 0) is 43.2 Å². The monoisotopic (exact) mass is 389 g/mol. The molecule has 29 heavy (non-hydrogen) atoms. The number of piperidine rings is 1. The number of hydrogen-bond acceptors (Lipinski definition) is 4. The van der Waals surface area contributed by atoms with Crippen LogP contribution in [0.4, 0.5) is 0 Å². The third kappa shape index (κ3) is 5.11. The lowest BCUT2D eigenvalue weighted by molar-refractivity contribution is -0.135. The molecule has 0 saturated carbocycles. The third-order valence-corrected chi connectivity index (χ3v) is 5.50. The molecular weight excluding hydrogens is 362 g/mol. The van der Waals surface area contributed by atoms with Crippen LogP contribution in [0.2, 0.25) is 0 Å². The van der Waals surface area contributed by atoms with Crippen LogP contribution in [0, 0.1) is 0 Å². The fraction of sp³-hybridized carbons (Fsp3) is 0.375. The molecule has 1 fully saturated rings. The normalized spacial score (nSPS) is 16.7. The van der Waals surface area contributed by atoms with Gasteiger partial charge in [-0.3, -0.25) is 4.79 Å². The van der Waals surface area contributed by atoms with E-state index in [4.69, 9.17) is 4.52 Å².